The van der Waals surface area contributed by atoms with Crippen LogP contribution < -0.4 is 5.73 Å². The molecule has 0 radical (unpaired) electrons. The van der Waals surface area contributed by atoms with Gasteiger partial charge in [-0.05, 0) is 17.5 Å². The molecular formula is C16H18N2O3. The molecule has 1 aliphatic heterocycles. The van der Waals surface area contributed by atoms with Gasteiger partial charge in [0.2, 0.25) is 5.91 Å². The van der Waals surface area contributed by atoms with Crippen LogP contribution in [0.5, 0.6) is 0 Å². The van der Waals surface area contributed by atoms with Gasteiger partial charge in [-0.15, -0.1) is 0 Å². The molecule has 2 aliphatic rings. The number of hydrogen-bond acceptors (Lipinski definition) is 3. The Labute approximate surface area is 123 Å². The van der Waals surface area contributed by atoms with Crippen LogP contribution in [0.3, 0.4) is 0 Å². The van der Waals surface area contributed by atoms with Gasteiger partial charge in [-0.1, -0.05) is 36.4 Å². The smallest absolute Gasteiger partial charge is 0.326 e. The number of benzene rings is 1. The molecule has 3 rings (SSSR count). The molecule has 0 saturated heterocycles. The average molecular weight is 286 g/mol. The molecular weight excluding hydrogens is 268 g/mol. The lowest BCUT2D eigenvalue weighted by atomic mass is 9.92. The first-order valence-corrected chi connectivity index (χ1v) is 7.10. The number of nitrogens with zero attached hydrogens (tertiary/aromatic N) is 1. The van der Waals surface area contributed by atoms with Crippen molar-refractivity contribution in [3.63, 3.8) is 0 Å². The Morgan fingerprint density at radius 3 is 2.52 bits per heavy atom. The fourth-order valence-corrected chi connectivity index (χ4v) is 3.10. The van der Waals surface area contributed by atoms with E-state index in [0.717, 1.165) is 11.1 Å². The fourth-order valence-electron chi connectivity index (χ4n) is 3.10. The molecule has 1 heterocycles. The van der Waals surface area contributed by atoms with E-state index in [0.29, 0.717) is 19.4 Å². The Bertz CT molecular complexity index is 611. The SMILES string of the molecule is NC1C=CC(C(=O)N2Cc3ccccc3C[C@H]2C(=O)O)C1. The molecule has 110 valence electrons. The van der Waals surface area contributed by atoms with E-state index < -0.39 is 12.0 Å². The van der Waals surface area contributed by atoms with Gasteiger partial charge in [0, 0.05) is 19.0 Å². The first-order valence-electron chi connectivity index (χ1n) is 7.10. The first-order chi connectivity index (χ1) is 10.1. The lowest BCUT2D eigenvalue weighted by molar-refractivity contribution is -0.152. The second-order valence-electron chi connectivity index (χ2n) is 5.68. The van der Waals surface area contributed by atoms with E-state index in [2.05, 4.69) is 0 Å². The molecule has 0 aromatic heterocycles. The van der Waals surface area contributed by atoms with E-state index in [4.69, 9.17) is 5.73 Å². The number of amides is 1. The summed E-state index contributed by atoms with van der Waals surface area (Å²) in [7, 11) is 0. The molecule has 0 spiro atoms. The van der Waals surface area contributed by atoms with Crippen molar-refractivity contribution >= 4 is 11.9 Å². The van der Waals surface area contributed by atoms with Crippen LogP contribution >= 0.6 is 0 Å². The zero-order valence-electron chi connectivity index (χ0n) is 11.6. The Kier molecular flexibility index (Phi) is 3.51. The predicted molar refractivity (Wildman–Crippen MR) is 77.3 cm³/mol. The fraction of sp³-hybridized carbons (Fsp3) is 0.375. The van der Waals surface area contributed by atoms with E-state index >= 15 is 0 Å². The Balaban J connectivity index is 1.87. The highest BCUT2D eigenvalue weighted by Gasteiger charge is 2.37. The highest BCUT2D eigenvalue weighted by Crippen LogP contribution is 2.27. The number of carbonyl (C=O) groups excluding carboxylic acids is 1. The minimum atomic E-state index is -0.955. The highest BCUT2D eigenvalue weighted by molar-refractivity contribution is 5.87. The van der Waals surface area contributed by atoms with Crippen LogP contribution in [0.25, 0.3) is 0 Å². The zero-order valence-corrected chi connectivity index (χ0v) is 11.6. The van der Waals surface area contributed by atoms with Gasteiger partial charge in [-0.2, -0.15) is 0 Å². The second-order valence-corrected chi connectivity index (χ2v) is 5.68. The number of carboxylic acid groups (broad SMARTS) is 1. The lowest BCUT2D eigenvalue weighted by Gasteiger charge is -2.35. The maximum Gasteiger partial charge on any atom is 0.326 e. The monoisotopic (exact) mass is 286 g/mol. The van der Waals surface area contributed by atoms with E-state index in [9.17, 15) is 14.7 Å². The summed E-state index contributed by atoms with van der Waals surface area (Å²) in [4.78, 5) is 25.6. The summed E-state index contributed by atoms with van der Waals surface area (Å²) in [6.45, 7) is 0.353. The average Bonchev–Trinajstić information content (AvgIpc) is 2.91. The van der Waals surface area contributed by atoms with Crippen LogP contribution in [0.15, 0.2) is 36.4 Å². The summed E-state index contributed by atoms with van der Waals surface area (Å²) in [6.07, 6.45) is 4.53. The largest absolute Gasteiger partial charge is 0.480 e. The molecule has 1 aliphatic carbocycles. The van der Waals surface area contributed by atoms with Gasteiger partial charge in [-0.25, -0.2) is 4.79 Å². The minimum absolute atomic E-state index is 0.112. The van der Waals surface area contributed by atoms with Gasteiger partial charge in [0.25, 0.3) is 0 Å². The normalized spacial score (nSPS) is 27.5. The van der Waals surface area contributed by atoms with Gasteiger partial charge in [0.05, 0.1) is 5.92 Å². The molecule has 3 atom stereocenters. The number of nitrogens with two attached hydrogens (primary N) is 1. The molecule has 0 fully saturated rings. The van der Waals surface area contributed by atoms with Gasteiger partial charge < -0.3 is 15.7 Å². The van der Waals surface area contributed by atoms with Crippen molar-refractivity contribution in [1.82, 2.24) is 4.90 Å². The summed E-state index contributed by atoms with van der Waals surface area (Å²) >= 11 is 0. The predicted octanol–water partition coefficient (Wildman–Crippen LogP) is 0.928. The number of hydrogen-bond donors (Lipinski definition) is 2. The molecule has 1 amide bonds. The topological polar surface area (TPSA) is 83.6 Å². The molecule has 1 aromatic rings. The van der Waals surface area contributed by atoms with Crippen LogP contribution in [-0.2, 0) is 22.6 Å². The van der Waals surface area contributed by atoms with E-state index in [1.54, 1.807) is 6.08 Å². The van der Waals surface area contributed by atoms with Gasteiger partial charge in [0.15, 0.2) is 0 Å². The van der Waals surface area contributed by atoms with Crippen LogP contribution in [0.4, 0.5) is 0 Å². The molecule has 21 heavy (non-hydrogen) atoms. The summed E-state index contributed by atoms with van der Waals surface area (Å²) in [6, 6.07) is 6.78. The first kappa shape index (κ1) is 13.8. The lowest BCUT2D eigenvalue weighted by Crippen LogP contribution is -2.50. The molecule has 5 nitrogen and oxygen atoms in total. The maximum absolute atomic E-state index is 12.6. The van der Waals surface area contributed by atoms with Gasteiger partial charge >= 0.3 is 5.97 Å². The van der Waals surface area contributed by atoms with Crippen LogP contribution in [-0.4, -0.2) is 34.0 Å². The van der Waals surface area contributed by atoms with Crippen molar-refractivity contribution in [2.45, 2.75) is 31.5 Å². The molecule has 5 heteroatoms. The van der Waals surface area contributed by atoms with Crippen LogP contribution in [0, 0.1) is 5.92 Å². The Hall–Kier alpha value is -2.14. The third-order valence-electron chi connectivity index (χ3n) is 4.25. The summed E-state index contributed by atoms with van der Waals surface area (Å²) in [5.74, 6) is -1.39. The number of carboxylic acids is 1. The van der Waals surface area contributed by atoms with Gasteiger partial charge in [0.1, 0.15) is 6.04 Å². The Morgan fingerprint density at radius 2 is 1.90 bits per heavy atom. The zero-order chi connectivity index (χ0) is 15.0. The molecule has 0 bridgehead atoms. The van der Waals surface area contributed by atoms with Crippen LogP contribution in [0.1, 0.15) is 17.5 Å². The quantitative estimate of drug-likeness (QED) is 0.792. The number of fused-ring (bicyclic) bond motifs is 1. The maximum atomic E-state index is 12.6. The molecule has 0 saturated carbocycles. The highest BCUT2D eigenvalue weighted by atomic mass is 16.4. The molecule has 3 N–H and O–H groups in total. The number of carbonyl (C=O) groups is 2. The van der Waals surface area contributed by atoms with E-state index in [1.807, 2.05) is 30.3 Å². The van der Waals surface area contributed by atoms with Crippen molar-refractivity contribution in [2.75, 3.05) is 0 Å². The second kappa shape index (κ2) is 5.33. The Morgan fingerprint density at radius 1 is 1.19 bits per heavy atom. The van der Waals surface area contributed by atoms with Crippen molar-refractivity contribution in [1.29, 1.82) is 0 Å². The summed E-state index contributed by atoms with van der Waals surface area (Å²) in [5, 5.41) is 9.44. The summed E-state index contributed by atoms with van der Waals surface area (Å²) < 4.78 is 0. The third kappa shape index (κ3) is 2.56. The van der Waals surface area contributed by atoms with Crippen LogP contribution in [0.2, 0.25) is 0 Å². The standard InChI is InChI=1S/C16H18N2O3/c17-13-6-5-11(7-13)15(19)18-9-12-4-2-1-3-10(12)8-14(18)16(20)21/h1-6,11,13-14H,7-9,17H2,(H,20,21)/t11?,13?,14-/m0/s1. The molecule has 2 unspecified atom stereocenters. The van der Waals surface area contributed by atoms with Crippen molar-refractivity contribution < 1.29 is 14.7 Å². The van der Waals surface area contributed by atoms with E-state index in [1.165, 1.54) is 4.90 Å². The van der Waals surface area contributed by atoms with Crippen molar-refractivity contribution in [3.8, 4) is 0 Å². The van der Waals surface area contributed by atoms with Crippen molar-refractivity contribution in [3.05, 3.63) is 47.5 Å². The third-order valence-corrected chi connectivity index (χ3v) is 4.25. The van der Waals surface area contributed by atoms with Gasteiger partial charge in [-0.3, -0.25) is 4.79 Å². The minimum Gasteiger partial charge on any atom is -0.480 e. The summed E-state index contributed by atoms with van der Waals surface area (Å²) in [5.41, 5.74) is 7.82. The van der Waals surface area contributed by atoms with E-state index in [-0.39, 0.29) is 17.9 Å². The number of rotatable bonds is 2. The molecule has 1 aromatic carbocycles. The van der Waals surface area contributed by atoms with Crippen molar-refractivity contribution in [2.24, 2.45) is 11.7 Å². The number of aliphatic carboxylic acids is 1.